The van der Waals surface area contributed by atoms with Crippen LogP contribution < -0.4 is 9.94 Å². The van der Waals surface area contributed by atoms with E-state index in [2.05, 4.69) is 10.1 Å². The van der Waals surface area contributed by atoms with Gasteiger partial charge in [-0.05, 0) is 6.92 Å². The van der Waals surface area contributed by atoms with Crippen molar-refractivity contribution in [2.45, 2.75) is 17.4 Å². The van der Waals surface area contributed by atoms with Crippen molar-refractivity contribution in [2.24, 2.45) is 17.2 Å². The Morgan fingerprint density at radius 3 is 2.62 bits per heavy atom. The number of carbonyl (C=O) groups is 1. The molecule has 1 aromatic rings. The predicted molar refractivity (Wildman–Crippen MR) is 54.7 cm³/mol. The number of hydrogen-bond acceptors (Lipinski definition) is 6. The van der Waals surface area contributed by atoms with Crippen molar-refractivity contribution in [3.63, 3.8) is 0 Å². The third-order valence-corrected chi connectivity index (χ3v) is 3.80. The van der Waals surface area contributed by atoms with Gasteiger partial charge in [-0.1, -0.05) is 11.3 Å². The van der Waals surface area contributed by atoms with Crippen LogP contribution in [0.25, 0.3) is 0 Å². The summed E-state index contributed by atoms with van der Waals surface area (Å²) in [6.45, 7) is 1.26. The van der Waals surface area contributed by atoms with Gasteiger partial charge in [-0.15, -0.1) is 5.10 Å². The fourth-order valence-corrected chi connectivity index (χ4v) is 2.28. The number of carbonyl (C=O) groups excluding carboxylic acids is 1. The Balaban J connectivity index is 3.28. The smallest absolute Gasteiger partial charge is 0.276 e. The molecule has 0 aromatic carbocycles. The van der Waals surface area contributed by atoms with E-state index < -0.39 is 22.0 Å². The molecular formula is C6H10N4O4S2. The van der Waals surface area contributed by atoms with Crippen LogP contribution in [-0.4, -0.2) is 35.3 Å². The molecular weight excluding hydrogens is 256 g/mol. The second kappa shape index (κ2) is 4.41. The molecule has 1 unspecified atom stereocenters. The predicted octanol–water partition coefficient (Wildman–Crippen LogP) is -2.06. The first-order valence-electron chi connectivity index (χ1n) is 4.05. The number of aromatic nitrogens is 2. The van der Waals surface area contributed by atoms with Gasteiger partial charge in [0.2, 0.25) is 9.14 Å². The number of hydrogen-bond donors (Lipinski definition) is 2. The van der Waals surface area contributed by atoms with Crippen molar-refractivity contribution in [3.05, 3.63) is 4.80 Å². The SMILES string of the molecule is CC(O)C(=O)N=c1sc(S(N)(=O)=O)nn1C. The summed E-state index contributed by atoms with van der Waals surface area (Å²) < 4.78 is 22.7. The molecule has 0 aliphatic heterocycles. The van der Waals surface area contributed by atoms with Gasteiger partial charge in [-0.2, -0.15) is 4.99 Å². The van der Waals surface area contributed by atoms with E-state index in [9.17, 15) is 13.2 Å². The lowest BCUT2D eigenvalue weighted by Crippen LogP contribution is -2.20. The molecule has 0 saturated heterocycles. The van der Waals surface area contributed by atoms with Crippen LogP contribution in [0.3, 0.4) is 0 Å². The Labute approximate surface area is 95.1 Å². The summed E-state index contributed by atoms with van der Waals surface area (Å²) in [5.74, 6) is -0.778. The number of aryl methyl sites for hydroxylation is 1. The zero-order valence-electron chi connectivity index (χ0n) is 8.48. The van der Waals surface area contributed by atoms with Crippen LogP contribution in [0.2, 0.25) is 0 Å². The minimum Gasteiger partial charge on any atom is -0.383 e. The third-order valence-electron chi connectivity index (χ3n) is 1.49. The number of sulfonamides is 1. The average Bonchev–Trinajstić information content (AvgIpc) is 2.47. The molecule has 0 aliphatic carbocycles. The molecule has 3 N–H and O–H groups in total. The van der Waals surface area contributed by atoms with Crippen molar-refractivity contribution < 1.29 is 18.3 Å². The highest BCUT2D eigenvalue weighted by Gasteiger charge is 2.15. The maximum absolute atomic E-state index is 11.1. The van der Waals surface area contributed by atoms with E-state index in [0.29, 0.717) is 11.3 Å². The quantitative estimate of drug-likeness (QED) is 0.636. The second-order valence-corrected chi connectivity index (χ2v) is 5.64. The summed E-state index contributed by atoms with van der Waals surface area (Å²) in [4.78, 5) is 14.6. The molecule has 1 aromatic heterocycles. The molecule has 1 amide bonds. The second-order valence-electron chi connectivity index (χ2n) is 2.95. The number of nitrogens with two attached hydrogens (primary N) is 1. The molecule has 0 fully saturated rings. The summed E-state index contributed by atoms with van der Waals surface area (Å²) in [6, 6.07) is 0. The fraction of sp³-hybridized carbons (Fsp3) is 0.500. The standard InChI is InChI=1S/C6H10N4O4S2/c1-3(11)4(12)8-5-10(2)9-6(15-5)16(7,13)14/h3,11H,1-2H3,(H2,7,13,14). The van der Waals surface area contributed by atoms with Crippen LogP contribution in [0, 0.1) is 0 Å². The van der Waals surface area contributed by atoms with Gasteiger partial charge in [0.15, 0.2) is 0 Å². The molecule has 90 valence electrons. The molecule has 0 aliphatic rings. The van der Waals surface area contributed by atoms with Crippen molar-refractivity contribution in [3.8, 4) is 0 Å². The maximum atomic E-state index is 11.1. The highest BCUT2D eigenvalue weighted by atomic mass is 32.2. The lowest BCUT2D eigenvalue weighted by atomic mass is 10.4. The Kier molecular flexibility index (Phi) is 3.57. The number of aliphatic hydroxyl groups excluding tert-OH is 1. The van der Waals surface area contributed by atoms with Gasteiger partial charge in [0.05, 0.1) is 0 Å². The lowest BCUT2D eigenvalue weighted by molar-refractivity contribution is -0.125. The highest BCUT2D eigenvalue weighted by Crippen LogP contribution is 2.04. The van der Waals surface area contributed by atoms with Gasteiger partial charge in [-0.25, -0.2) is 18.2 Å². The summed E-state index contributed by atoms with van der Waals surface area (Å²) in [5.41, 5.74) is 0. The Bertz CT molecular complexity index is 568. The van der Waals surface area contributed by atoms with Crippen LogP contribution in [0.1, 0.15) is 6.92 Å². The van der Waals surface area contributed by atoms with E-state index in [0.717, 1.165) is 4.68 Å². The van der Waals surface area contributed by atoms with Crippen molar-refractivity contribution in [1.82, 2.24) is 9.78 Å². The Morgan fingerprint density at radius 1 is 1.69 bits per heavy atom. The third kappa shape index (κ3) is 2.95. The number of primary sulfonamides is 1. The first-order valence-corrected chi connectivity index (χ1v) is 6.41. The molecule has 0 spiro atoms. The average molecular weight is 266 g/mol. The molecule has 1 rings (SSSR count). The van der Waals surface area contributed by atoms with Crippen LogP contribution >= 0.6 is 11.3 Å². The molecule has 0 bridgehead atoms. The van der Waals surface area contributed by atoms with Crippen LogP contribution in [0.4, 0.5) is 0 Å². The highest BCUT2D eigenvalue weighted by molar-refractivity contribution is 7.91. The zero-order valence-corrected chi connectivity index (χ0v) is 10.1. The minimum absolute atomic E-state index is 0.0509. The minimum atomic E-state index is -3.91. The number of rotatable bonds is 2. The van der Waals surface area contributed by atoms with E-state index >= 15 is 0 Å². The summed E-state index contributed by atoms with van der Waals surface area (Å²) >= 11 is 0.652. The van der Waals surface area contributed by atoms with E-state index in [1.54, 1.807) is 0 Å². The van der Waals surface area contributed by atoms with Gasteiger partial charge in [0.1, 0.15) is 6.10 Å². The molecule has 1 heterocycles. The number of amides is 1. The van der Waals surface area contributed by atoms with Gasteiger partial charge >= 0.3 is 0 Å². The fourth-order valence-electron chi connectivity index (χ4n) is 0.728. The molecule has 8 nitrogen and oxygen atoms in total. The van der Waals surface area contributed by atoms with Crippen LogP contribution in [-0.2, 0) is 21.9 Å². The Morgan fingerprint density at radius 2 is 2.25 bits per heavy atom. The van der Waals surface area contributed by atoms with Gasteiger partial charge < -0.3 is 5.11 Å². The Hall–Kier alpha value is -1.10. The van der Waals surface area contributed by atoms with Crippen LogP contribution in [0.15, 0.2) is 9.33 Å². The summed E-state index contributed by atoms with van der Waals surface area (Å²) in [6.07, 6.45) is -1.25. The molecule has 1 atom stereocenters. The van der Waals surface area contributed by atoms with E-state index in [-0.39, 0.29) is 9.14 Å². The van der Waals surface area contributed by atoms with Gasteiger partial charge in [0, 0.05) is 7.05 Å². The van der Waals surface area contributed by atoms with E-state index in [1.807, 2.05) is 0 Å². The van der Waals surface area contributed by atoms with Crippen molar-refractivity contribution in [1.29, 1.82) is 0 Å². The van der Waals surface area contributed by atoms with Gasteiger partial charge in [0.25, 0.3) is 15.9 Å². The summed E-state index contributed by atoms with van der Waals surface area (Å²) in [7, 11) is -2.49. The van der Waals surface area contributed by atoms with Crippen molar-refractivity contribution in [2.75, 3.05) is 0 Å². The number of aliphatic hydroxyl groups is 1. The van der Waals surface area contributed by atoms with Crippen LogP contribution in [0.5, 0.6) is 0 Å². The largest absolute Gasteiger partial charge is 0.383 e. The molecule has 0 radical (unpaired) electrons. The van der Waals surface area contributed by atoms with Gasteiger partial charge in [-0.3, -0.25) is 4.79 Å². The molecule has 0 saturated carbocycles. The lowest BCUT2D eigenvalue weighted by Gasteiger charge is -1.94. The first-order chi connectivity index (χ1) is 7.21. The maximum Gasteiger partial charge on any atom is 0.276 e. The normalized spacial score (nSPS) is 15.1. The first kappa shape index (κ1) is 13.0. The zero-order chi connectivity index (χ0) is 12.5. The topological polar surface area (TPSA) is 128 Å². The van der Waals surface area contributed by atoms with Crippen molar-refractivity contribution >= 4 is 27.3 Å². The monoisotopic (exact) mass is 266 g/mol. The van der Waals surface area contributed by atoms with E-state index in [1.165, 1.54) is 14.0 Å². The van der Waals surface area contributed by atoms with E-state index in [4.69, 9.17) is 10.2 Å². The summed E-state index contributed by atoms with van der Waals surface area (Å²) in [5, 5.41) is 17.4. The molecule has 10 heteroatoms. The molecule has 16 heavy (non-hydrogen) atoms. The number of nitrogens with zero attached hydrogens (tertiary/aromatic N) is 3.